The Bertz CT molecular complexity index is 280. The molecule has 0 saturated heterocycles. The van der Waals surface area contributed by atoms with Gasteiger partial charge in [0, 0.05) is 6.54 Å². The fourth-order valence-electron chi connectivity index (χ4n) is 1.02. The van der Waals surface area contributed by atoms with Crippen LogP contribution in [0.25, 0.3) is 0 Å². The molecule has 0 saturated carbocycles. The van der Waals surface area contributed by atoms with Crippen LogP contribution in [0.15, 0.2) is 0 Å². The summed E-state index contributed by atoms with van der Waals surface area (Å²) in [6, 6.07) is 1.84. The van der Waals surface area contributed by atoms with E-state index in [2.05, 4.69) is 4.72 Å². The molecular formula is C9H18N2O2S. The van der Waals surface area contributed by atoms with E-state index in [1.54, 1.807) is 0 Å². The number of hydrogen-bond acceptors (Lipinski definition) is 3. The summed E-state index contributed by atoms with van der Waals surface area (Å²) in [7, 11) is -3.42. The summed E-state index contributed by atoms with van der Waals surface area (Å²) in [4.78, 5) is 0. The van der Waals surface area contributed by atoms with Gasteiger partial charge in [0.1, 0.15) is 0 Å². The average molecular weight is 218 g/mol. The second-order valence-electron chi connectivity index (χ2n) is 3.20. The number of nitriles is 1. The number of unbranched alkanes of at least 4 members (excludes halogenated alkanes) is 1. The molecule has 0 radical (unpaired) electrons. The summed E-state index contributed by atoms with van der Waals surface area (Å²) in [6.07, 6.45) is 2.84. The smallest absolute Gasteiger partial charge is 0.214 e. The van der Waals surface area contributed by atoms with Crippen molar-refractivity contribution in [2.75, 3.05) is 6.54 Å². The average Bonchev–Trinajstić information content (AvgIpc) is 2.16. The zero-order chi connectivity index (χ0) is 11.0. The summed E-state index contributed by atoms with van der Waals surface area (Å²) >= 11 is 0. The molecule has 0 aromatic carbocycles. The molecule has 1 N–H and O–H groups in total. The molecule has 0 aromatic heterocycles. The quantitative estimate of drug-likeness (QED) is 0.702. The Morgan fingerprint density at radius 1 is 1.36 bits per heavy atom. The number of rotatable bonds is 7. The molecule has 0 aliphatic heterocycles. The normalized spacial score (nSPS) is 13.5. The van der Waals surface area contributed by atoms with Crippen molar-refractivity contribution < 1.29 is 8.42 Å². The van der Waals surface area contributed by atoms with Gasteiger partial charge in [-0.3, -0.25) is 0 Å². The SMILES string of the molecule is CCCCC(C#N)S(=O)(=O)NCCC. The zero-order valence-electron chi connectivity index (χ0n) is 8.78. The Kier molecular flexibility index (Phi) is 6.50. The standard InChI is InChI=1S/C9H18N2O2S/c1-3-5-6-9(8-10)14(12,13)11-7-4-2/h9,11H,3-7H2,1-2H3. The first-order valence-corrected chi connectivity index (χ1v) is 6.51. The third-order valence-corrected chi connectivity index (χ3v) is 3.59. The van der Waals surface area contributed by atoms with E-state index in [0.29, 0.717) is 13.0 Å². The van der Waals surface area contributed by atoms with Gasteiger partial charge in [-0.05, 0) is 12.8 Å². The van der Waals surface area contributed by atoms with E-state index < -0.39 is 15.3 Å². The van der Waals surface area contributed by atoms with Crippen LogP contribution in [0.2, 0.25) is 0 Å². The molecular weight excluding hydrogens is 200 g/mol. The molecule has 0 rings (SSSR count). The number of hydrogen-bond donors (Lipinski definition) is 1. The summed E-state index contributed by atoms with van der Waals surface area (Å²) in [5.41, 5.74) is 0. The van der Waals surface area contributed by atoms with Crippen LogP contribution in [0.4, 0.5) is 0 Å². The third kappa shape index (κ3) is 4.58. The lowest BCUT2D eigenvalue weighted by Gasteiger charge is -2.10. The van der Waals surface area contributed by atoms with Gasteiger partial charge in [-0.25, -0.2) is 13.1 Å². The van der Waals surface area contributed by atoms with E-state index in [1.807, 2.05) is 19.9 Å². The molecule has 0 aliphatic rings. The highest BCUT2D eigenvalue weighted by atomic mass is 32.2. The van der Waals surface area contributed by atoms with Crippen molar-refractivity contribution in [1.29, 1.82) is 5.26 Å². The van der Waals surface area contributed by atoms with Gasteiger partial charge in [0.25, 0.3) is 0 Å². The molecule has 1 atom stereocenters. The molecule has 0 aliphatic carbocycles. The van der Waals surface area contributed by atoms with Crippen LogP contribution in [0, 0.1) is 11.3 Å². The van der Waals surface area contributed by atoms with Gasteiger partial charge in [-0.15, -0.1) is 0 Å². The first-order chi connectivity index (χ1) is 6.58. The van der Waals surface area contributed by atoms with Gasteiger partial charge in [0.2, 0.25) is 10.0 Å². The van der Waals surface area contributed by atoms with E-state index in [1.165, 1.54) is 0 Å². The van der Waals surface area contributed by atoms with Crippen molar-refractivity contribution in [3.63, 3.8) is 0 Å². The Labute approximate surface area is 86.4 Å². The van der Waals surface area contributed by atoms with E-state index in [-0.39, 0.29) is 0 Å². The number of nitrogens with zero attached hydrogens (tertiary/aromatic N) is 1. The van der Waals surface area contributed by atoms with Gasteiger partial charge in [0.15, 0.2) is 5.25 Å². The van der Waals surface area contributed by atoms with Crippen molar-refractivity contribution in [3.05, 3.63) is 0 Å². The van der Waals surface area contributed by atoms with Gasteiger partial charge in [-0.2, -0.15) is 5.26 Å². The van der Waals surface area contributed by atoms with Crippen molar-refractivity contribution in [2.24, 2.45) is 0 Å². The maximum Gasteiger partial charge on any atom is 0.227 e. The molecule has 0 amide bonds. The van der Waals surface area contributed by atoms with Crippen LogP contribution in [0.1, 0.15) is 39.5 Å². The summed E-state index contributed by atoms with van der Waals surface area (Å²) < 4.78 is 25.4. The molecule has 5 heteroatoms. The lowest BCUT2D eigenvalue weighted by atomic mass is 10.2. The Morgan fingerprint density at radius 3 is 2.43 bits per heavy atom. The number of sulfonamides is 1. The summed E-state index contributed by atoms with van der Waals surface area (Å²) in [5, 5.41) is 7.82. The van der Waals surface area contributed by atoms with E-state index in [0.717, 1.165) is 19.3 Å². The largest absolute Gasteiger partial charge is 0.227 e. The Morgan fingerprint density at radius 2 is 2.00 bits per heavy atom. The van der Waals surface area contributed by atoms with Crippen molar-refractivity contribution in [2.45, 2.75) is 44.8 Å². The molecule has 4 nitrogen and oxygen atoms in total. The predicted octanol–water partition coefficient (Wildman–Crippen LogP) is 1.40. The maximum atomic E-state index is 11.5. The van der Waals surface area contributed by atoms with Crippen molar-refractivity contribution in [3.8, 4) is 6.07 Å². The lowest BCUT2D eigenvalue weighted by molar-refractivity contribution is 0.565. The highest BCUT2D eigenvalue weighted by Crippen LogP contribution is 2.08. The van der Waals surface area contributed by atoms with E-state index in [9.17, 15) is 8.42 Å². The number of nitrogens with one attached hydrogen (secondary N) is 1. The molecule has 0 bridgehead atoms. The fraction of sp³-hybridized carbons (Fsp3) is 0.889. The van der Waals surface area contributed by atoms with Crippen LogP contribution in [-0.4, -0.2) is 20.2 Å². The van der Waals surface area contributed by atoms with E-state index in [4.69, 9.17) is 5.26 Å². The predicted molar refractivity (Wildman–Crippen MR) is 56.1 cm³/mol. The molecule has 14 heavy (non-hydrogen) atoms. The second kappa shape index (κ2) is 6.80. The van der Waals surface area contributed by atoms with Crippen LogP contribution >= 0.6 is 0 Å². The van der Waals surface area contributed by atoms with Crippen molar-refractivity contribution >= 4 is 10.0 Å². The summed E-state index contributed by atoms with van der Waals surface area (Å²) in [6.45, 7) is 4.27. The van der Waals surface area contributed by atoms with Crippen LogP contribution < -0.4 is 4.72 Å². The maximum absolute atomic E-state index is 11.5. The molecule has 1 unspecified atom stereocenters. The van der Waals surface area contributed by atoms with Crippen LogP contribution in [0.3, 0.4) is 0 Å². The van der Waals surface area contributed by atoms with Gasteiger partial charge in [-0.1, -0.05) is 26.7 Å². The monoisotopic (exact) mass is 218 g/mol. The highest BCUT2D eigenvalue weighted by Gasteiger charge is 2.23. The Balaban J connectivity index is 4.28. The van der Waals surface area contributed by atoms with Crippen LogP contribution in [0.5, 0.6) is 0 Å². The molecule has 82 valence electrons. The highest BCUT2D eigenvalue weighted by molar-refractivity contribution is 7.90. The first-order valence-electron chi connectivity index (χ1n) is 4.96. The minimum Gasteiger partial charge on any atom is -0.214 e. The third-order valence-electron chi connectivity index (χ3n) is 1.89. The molecule has 0 aromatic rings. The first kappa shape index (κ1) is 13.4. The Hall–Kier alpha value is -0.600. The molecule has 0 heterocycles. The van der Waals surface area contributed by atoms with Gasteiger partial charge >= 0.3 is 0 Å². The minimum absolute atomic E-state index is 0.409. The molecule has 0 fully saturated rings. The lowest BCUT2D eigenvalue weighted by Crippen LogP contribution is -2.33. The van der Waals surface area contributed by atoms with Crippen molar-refractivity contribution in [1.82, 2.24) is 4.72 Å². The minimum atomic E-state index is -3.42. The van der Waals surface area contributed by atoms with Crippen LogP contribution in [-0.2, 0) is 10.0 Å². The fourth-order valence-corrected chi connectivity index (χ4v) is 2.33. The summed E-state index contributed by atoms with van der Waals surface area (Å²) in [5.74, 6) is 0. The topological polar surface area (TPSA) is 70.0 Å². The second-order valence-corrected chi connectivity index (χ2v) is 5.15. The molecule has 0 spiro atoms. The van der Waals surface area contributed by atoms with Gasteiger partial charge < -0.3 is 0 Å². The van der Waals surface area contributed by atoms with Gasteiger partial charge in [0.05, 0.1) is 6.07 Å². The zero-order valence-corrected chi connectivity index (χ0v) is 9.60. The van der Waals surface area contributed by atoms with E-state index >= 15 is 0 Å².